The number of rotatable bonds is 8. The van der Waals surface area contributed by atoms with Gasteiger partial charge in [-0.3, -0.25) is 0 Å². The predicted octanol–water partition coefficient (Wildman–Crippen LogP) is 2.19. The molecule has 0 spiro atoms. The van der Waals surface area contributed by atoms with Crippen LogP contribution in [0.1, 0.15) is 40.0 Å². The van der Waals surface area contributed by atoms with E-state index in [4.69, 9.17) is 4.74 Å². The van der Waals surface area contributed by atoms with Crippen molar-refractivity contribution in [1.82, 2.24) is 5.32 Å². The smallest absolute Gasteiger partial charge is 0.0594 e. The Kier molecular flexibility index (Phi) is 8.95. The van der Waals surface area contributed by atoms with E-state index in [1.54, 1.807) is 0 Å². The minimum Gasteiger partial charge on any atom is -0.377 e. The van der Waals surface area contributed by atoms with Crippen LogP contribution in [0, 0.1) is 0 Å². The standard InChI is InChI=1S/C10H23NO/c1-4-5-6-7-11-8-9-12-10(2)3/h10-11H,4-9H2,1-3H3. The van der Waals surface area contributed by atoms with E-state index in [-0.39, 0.29) is 0 Å². The summed E-state index contributed by atoms with van der Waals surface area (Å²) < 4.78 is 5.39. The third-order valence-corrected chi connectivity index (χ3v) is 1.69. The third-order valence-electron chi connectivity index (χ3n) is 1.69. The molecule has 12 heavy (non-hydrogen) atoms. The van der Waals surface area contributed by atoms with Crippen LogP contribution in [0.4, 0.5) is 0 Å². The number of ether oxygens (including phenoxy) is 1. The van der Waals surface area contributed by atoms with Crippen molar-refractivity contribution in [1.29, 1.82) is 0 Å². The molecule has 74 valence electrons. The summed E-state index contributed by atoms with van der Waals surface area (Å²) in [5, 5.41) is 3.35. The highest BCUT2D eigenvalue weighted by molar-refractivity contribution is 4.47. The summed E-state index contributed by atoms with van der Waals surface area (Å²) in [4.78, 5) is 0. The second kappa shape index (κ2) is 9.01. The van der Waals surface area contributed by atoms with E-state index < -0.39 is 0 Å². The average molecular weight is 173 g/mol. The van der Waals surface area contributed by atoms with Crippen LogP contribution < -0.4 is 5.32 Å². The fraction of sp³-hybridized carbons (Fsp3) is 1.00. The van der Waals surface area contributed by atoms with Gasteiger partial charge in [0, 0.05) is 6.54 Å². The maximum Gasteiger partial charge on any atom is 0.0594 e. The molecule has 0 unspecified atom stereocenters. The van der Waals surface area contributed by atoms with E-state index in [0.29, 0.717) is 6.10 Å². The first-order chi connectivity index (χ1) is 5.77. The fourth-order valence-corrected chi connectivity index (χ4v) is 0.992. The Labute approximate surface area is 76.7 Å². The highest BCUT2D eigenvalue weighted by Crippen LogP contribution is 1.91. The minimum absolute atomic E-state index is 0.363. The van der Waals surface area contributed by atoms with Gasteiger partial charge in [0.15, 0.2) is 0 Å². The van der Waals surface area contributed by atoms with Gasteiger partial charge in [0.05, 0.1) is 12.7 Å². The van der Waals surface area contributed by atoms with Gasteiger partial charge in [-0.05, 0) is 26.8 Å². The molecular weight excluding hydrogens is 150 g/mol. The second-order valence-electron chi connectivity index (χ2n) is 3.38. The largest absolute Gasteiger partial charge is 0.377 e. The Morgan fingerprint density at radius 2 is 1.92 bits per heavy atom. The molecule has 0 fully saturated rings. The lowest BCUT2D eigenvalue weighted by atomic mass is 10.2. The molecule has 0 radical (unpaired) electrons. The van der Waals surface area contributed by atoms with E-state index in [1.165, 1.54) is 19.3 Å². The van der Waals surface area contributed by atoms with Crippen molar-refractivity contribution >= 4 is 0 Å². The van der Waals surface area contributed by atoms with Crippen molar-refractivity contribution in [3.63, 3.8) is 0 Å². The molecule has 0 aromatic rings. The van der Waals surface area contributed by atoms with Gasteiger partial charge in [-0.25, -0.2) is 0 Å². The summed E-state index contributed by atoms with van der Waals surface area (Å²) in [5.41, 5.74) is 0. The summed E-state index contributed by atoms with van der Waals surface area (Å²) in [6.07, 6.45) is 4.28. The van der Waals surface area contributed by atoms with Gasteiger partial charge in [0.1, 0.15) is 0 Å². The quantitative estimate of drug-likeness (QED) is 0.568. The maximum atomic E-state index is 5.39. The zero-order valence-electron chi connectivity index (χ0n) is 8.73. The van der Waals surface area contributed by atoms with Gasteiger partial charge in [-0.1, -0.05) is 19.8 Å². The van der Waals surface area contributed by atoms with Crippen LogP contribution in [-0.2, 0) is 4.74 Å². The number of hydrogen-bond acceptors (Lipinski definition) is 2. The minimum atomic E-state index is 0.363. The van der Waals surface area contributed by atoms with Gasteiger partial charge >= 0.3 is 0 Å². The van der Waals surface area contributed by atoms with Crippen LogP contribution in [0.5, 0.6) is 0 Å². The Hall–Kier alpha value is -0.0800. The molecule has 0 heterocycles. The lowest BCUT2D eigenvalue weighted by molar-refractivity contribution is 0.0809. The molecule has 2 nitrogen and oxygen atoms in total. The van der Waals surface area contributed by atoms with Crippen molar-refractivity contribution in [3.8, 4) is 0 Å². The molecule has 0 aliphatic heterocycles. The topological polar surface area (TPSA) is 21.3 Å². The first-order valence-electron chi connectivity index (χ1n) is 5.09. The molecule has 2 heteroatoms. The molecule has 0 aliphatic rings. The molecule has 1 N–H and O–H groups in total. The molecule has 0 aromatic heterocycles. The monoisotopic (exact) mass is 173 g/mol. The zero-order chi connectivity index (χ0) is 9.23. The van der Waals surface area contributed by atoms with E-state index in [0.717, 1.165) is 19.7 Å². The zero-order valence-corrected chi connectivity index (χ0v) is 8.73. The molecule has 0 aromatic carbocycles. The fourth-order valence-electron chi connectivity index (χ4n) is 0.992. The van der Waals surface area contributed by atoms with Crippen LogP contribution in [0.15, 0.2) is 0 Å². The molecule has 0 rings (SSSR count). The number of nitrogens with one attached hydrogen (secondary N) is 1. The molecular formula is C10H23NO. The van der Waals surface area contributed by atoms with Gasteiger partial charge in [0.2, 0.25) is 0 Å². The SMILES string of the molecule is CCCCCNCCOC(C)C. The van der Waals surface area contributed by atoms with Crippen molar-refractivity contribution in [2.24, 2.45) is 0 Å². The van der Waals surface area contributed by atoms with Crippen molar-refractivity contribution in [3.05, 3.63) is 0 Å². The molecule has 0 saturated carbocycles. The van der Waals surface area contributed by atoms with Gasteiger partial charge in [-0.2, -0.15) is 0 Å². The normalized spacial score (nSPS) is 11.0. The summed E-state index contributed by atoms with van der Waals surface area (Å²) in [7, 11) is 0. The number of unbranched alkanes of at least 4 members (excludes halogenated alkanes) is 2. The van der Waals surface area contributed by atoms with Crippen LogP contribution in [-0.4, -0.2) is 25.8 Å². The average Bonchev–Trinajstić information content (AvgIpc) is 2.02. The summed E-state index contributed by atoms with van der Waals surface area (Å²) in [6.45, 7) is 9.32. The van der Waals surface area contributed by atoms with Crippen molar-refractivity contribution in [2.45, 2.75) is 46.1 Å². The highest BCUT2D eigenvalue weighted by atomic mass is 16.5. The Bertz CT molecular complexity index is 83.9. The third kappa shape index (κ3) is 9.92. The van der Waals surface area contributed by atoms with Crippen LogP contribution in [0.3, 0.4) is 0 Å². The van der Waals surface area contributed by atoms with Crippen LogP contribution in [0.2, 0.25) is 0 Å². The van der Waals surface area contributed by atoms with Crippen LogP contribution in [0.25, 0.3) is 0 Å². The van der Waals surface area contributed by atoms with E-state index in [2.05, 4.69) is 26.1 Å². The molecule has 0 amide bonds. The number of hydrogen-bond donors (Lipinski definition) is 1. The lowest BCUT2D eigenvalue weighted by Crippen LogP contribution is -2.22. The molecule has 0 saturated heterocycles. The highest BCUT2D eigenvalue weighted by Gasteiger charge is 1.91. The predicted molar refractivity (Wildman–Crippen MR) is 53.5 cm³/mol. The molecule has 0 bridgehead atoms. The first-order valence-corrected chi connectivity index (χ1v) is 5.09. The van der Waals surface area contributed by atoms with Crippen molar-refractivity contribution in [2.75, 3.05) is 19.7 Å². The van der Waals surface area contributed by atoms with Gasteiger partial charge < -0.3 is 10.1 Å². The first kappa shape index (κ1) is 11.9. The summed E-state index contributed by atoms with van der Waals surface area (Å²) >= 11 is 0. The summed E-state index contributed by atoms with van der Waals surface area (Å²) in [6, 6.07) is 0. The molecule has 0 atom stereocenters. The maximum absolute atomic E-state index is 5.39. The van der Waals surface area contributed by atoms with E-state index in [1.807, 2.05) is 0 Å². The Morgan fingerprint density at radius 1 is 1.17 bits per heavy atom. The molecule has 0 aliphatic carbocycles. The van der Waals surface area contributed by atoms with Gasteiger partial charge in [-0.15, -0.1) is 0 Å². The van der Waals surface area contributed by atoms with Crippen LogP contribution >= 0.6 is 0 Å². The second-order valence-corrected chi connectivity index (χ2v) is 3.38. The van der Waals surface area contributed by atoms with Gasteiger partial charge in [0.25, 0.3) is 0 Å². The Morgan fingerprint density at radius 3 is 2.50 bits per heavy atom. The van der Waals surface area contributed by atoms with Crippen molar-refractivity contribution < 1.29 is 4.74 Å². The lowest BCUT2D eigenvalue weighted by Gasteiger charge is -2.07. The Balaban J connectivity index is 2.82. The van der Waals surface area contributed by atoms with E-state index in [9.17, 15) is 0 Å². The van der Waals surface area contributed by atoms with E-state index >= 15 is 0 Å². The summed E-state index contributed by atoms with van der Waals surface area (Å²) in [5.74, 6) is 0.